The van der Waals surface area contributed by atoms with E-state index >= 15 is 0 Å². The highest BCUT2D eigenvalue weighted by atomic mass is 31.2. The number of hydrogen-bond donors (Lipinski definition) is 0. The molecule has 0 fully saturated rings. The normalized spacial score (nSPS) is 13.3. The number of hydrogen-bond acceptors (Lipinski definition) is 3. The summed E-state index contributed by atoms with van der Waals surface area (Å²) < 4.78 is 5.22. The summed E-state index contributed by atoms with van der Waals surface area (Å²) in [4.78, 5) is 2.06. The second kappa shape index (κ2) is 9.52. The minimum Gasteiger partial charge on any atom is -0.383 e. The van der Waals surface area contributed by atoms with Crippen molar-refractivity contribution in [2.45, 2.75) is 27.7 Å². The van der Waals surface area contributed by atoms with Crippen LogP contribution in [0.3, 0.4) is 0 Å². The van der Waals surface area contributed by atoms with Crippen molar-refractivity contribution in [3.05, 3.63) is 24.2 Å². The number of rotatable bonds is 9. The minimum absolute atomic E-state index is 1.11. The summed E-state index contributed by atoms with van der Waals surface area (Å²) in [5.41, 5.74) is 0. The monoisotopic (exact) mass is 286 g/mol. The molecule has 0 aromatic carbocycles. The van der Waals surface area contributed by atoms with Crippen LogP contribution in [0.2, 0.25) is 0 Å². The van der Waals surface area contributed by atoms with E-state index in [1.54, 1.807) is 0 Å². The molecule has 0 aliphatic carbocycles. The van der Waals surface area contributed by atoms with Gasteiger partial charge in [0.15, 0.2) is 7.56 Å². The molecule has 0 radical (unpaired) electrons. The van der Waals surface area contributed by atoms with Gasteiger partial charge in [-0.2, -0.15) is 9.34 Å². The lowest BCUT2D eigenvalue weighted by Gasteiger charge is -2.37. The first-order valence-corrected chi connectivity index (χ1v) is 9.56. The fourth-order valence-electron chi connectivity index (χ4n) is 2.39. The Kier molecular flexibility index (Phi) is 9.34. The summed E-state index contributed by atoms with van der Waals surface area (Å²) in [6.07, 6.45) is 6.43. The standard InChI is InChI=1S/C15H33N3P/c1-8-17(9-2)19(7,18(10-3)11-4)15-13-12-14-16(5)6/h12-15H,8-11H2,1-7H3/q+1/b14-12+,15-13+. The zero-order valence-corrected chi connectivity index (χ0v) is 14.8. The molecule has 0 heterocycles. The van der Waals surface area contributed by atoms with Crippen molar-refractivity contribution in [3.8, 4) is 0 Å². The lowest BCUT2D eigenvalue weighted by Crippen LogP contribution is -2.34. The second-order valence-electron chi connectivity index (χ2n) is 4.90. The van der Waals surface area contributed by atoms with Gasteiger partial charge in [-0.25, -0.2) is 0 Å². The quantitative estimate of drug-likeness (QED) is 0.472. The van der Waals surface area contributed by atoms with Gasteiger partial charge >= 0.3 is 0 Å². The fourth-order valence-corrected chi connectivity index (χ4v) is 5.85. The highest BCUT2D eigenvalue weighted by Crippen LogP contribution is 2.62. The van der Waals surface area contributed by atoms with Gasteiger partial charge in [-0.05, 0) is 46.0 Å². The van der Waals surface area contributed by atoms with E-state index in [9.17, 15) is 0 Å². The molecule has 0 saturated carbocycles. The van der Waals surface area contributed by atoms with Crippen LogP contribution in [0.5, 0.6) is 0 Å². The SMILES string of the molecule is CCN(CC)[P+](C)(/C=C/C=C/N(C)C)N(CC)CC. The molecule has 112 valence electrons. The first kappa shape index (κ1) is 18.6. The van der Waals surface area contributed by atoms with Crippen molar-refractivity contribution < 1.29 is 0 Å². The van der Waals surface area contributed by atoms with Gasteiger partial charge in [-0.3, -0.25) is 0 Å². The summed E-state index contributed by atoms with van der Waals surface area (Å²) in [6, 6.07) is 0. The highest BCUT2D eigenvalue weighted by molar-refractivity contribution is 7.73. The highest BCUT2D eigenvalue weighted by Gasteiger charge is 2.40. The Morgan fingerprint density at radius 1 is 0.789 bits per heavy atom. The van der Waals surface area contributed by atoms with Crippen LogP contribution in [0, 0.1) is 0 Å². The molecule has 0 unspecified atom stereocenters. The van der Waals surface area contributed by atoms with Gasteiger partial charge < -0.3 is 4.90 Å². The maximum absolute atomic E-state index is 2.61. The third kappa shape index (κ3) is 5.64. The van der Waals surface area contributed by atoms with Crippen molar-refractivity contribution in [2.75, 3.05) is 46.9 Å². The van der Waals surface area contributed by atoms with Crippen LogP contribution in [0.25, 0.3) is 0 Å². The summed E-state index contributed by atoms with van der Waals surface area (Å²) in [6.45, 7) is 15.9. The lowest BCUT2D eigenvalue weighted by atomic mass is 10.6. The first-order chi connectivity index (χ1) is 8.96. The summed E-state index contributed by atoms with van der Waals surface area (Å²) >= 11 is 0. The third-order valence-electron chi connectivity index (χ3n) is 3.47. The number of allylic oxidation sites excluding steroid dienone is 2. The van der Waals surface area contributed by atoms with Crippen LogP contribution < -0.4 is 0 Å². The van der Waals surface area contributed by atoms with Gasteiger partial charge in [0.2, 0.25) is 0 Å². The average molecular weight is 286 g/mol. The van der Waals surface area contributed by atoms with Gasteiger partial charge in [-0.15, -0.1) is 0 Å². The molecule has 0 bridgehead atoms. The molecule has 0 aromatic rings. The predicted octanol–water partition coefficient (Wildman–Crippen LogP) is 3.74. The lowest BCUT2D eigenvalue weighted by molar-refractivity contribution is 0.416. The van der Waals surface area contributed by atoms with E-state index in [1.807, 2.05) is 14.1 Å². The van der Waals surface area contributed by atoms with Crippen molar-refractivity contribution in [1.29, 1.82) is 0 Å². The molecule has 0 atom stereocenters. The van der Waals surface area contributed by atoms with E-state index in [2.05, 4.69) is 72.8 Å². The topological polar surface area (TPSA) is 9.72 Å². The first-order valence-electron chi connectivity index (χ1n) is 7.35. The molecule has 0 amide bonds. The molecular weight excluding hydrogens is 253 g/mol. The molecule has 0 aliphatic heterocycles. The van der Waals surface area contributed by atoms with Crippen LogP contribution in [-0.4, -0.2) is 61.2 Å². The molecule has 0 saturated heterocycles. The van der Waals surface area contributed by atoms with E-state index in [1.165, 1.54) is 0 Å². The van der Waals surface area contributed by atoms with Crippen molar-refractivity contribution in [1.82, 2.24) is 14.2 Å². The molecular formula is C15H33N3P+. The molecule has 0 aromatic heterocycles. The van der Waals surface area contributed by atoms with Crippen molar-refractivity contribution in [3.63, 3.8) is 0 Å². The third-order valence-corrected chi connectivity index (χ3v) is 7.63. The largest absolute Gasteiger partial charge is 0.383 e. The molecule has 4 heteroatoms. The van der Waals surface area contributed by atoms with Crippen LogP contribution in [0.15, 0.2) is 24.2 Å². The van der Waals surface area contributed by atoms with Crippen LogP contribution in [-0.2, 0) is 0 Å². The van der Waals surface area contributed by atoms with Crippen LogP contribution in [0.1, 0.15) is 27.7 Å². The van der Waals surface area contributed by atoms with E-state index in [4.69, 9.17) is 0 Å². The molecule has 0 aliphatic rings. The van der Waals surface area contributed by atoms with Gasteiger partial charge in [0.05, 0.1) is 12.5 Å². The Labute approximate surface area is 121 Å². The van der Waals surface area contributed by atoms with Crippen LogP contribution >= 0.6 is 7.56 Å². The average Bonchev–Trinajstić information content (AvgIpc) is 2.37. The maximum Gasteiger partial charge on any atom is 0.175 e. The van der Waals surface area contributed by atoms with E-state index in [-0.39, 0.29) is 0 Å². The van der Waals surface area contributed by atoms with Gasteiger partial charge in [0.25, 0.3) is 0 Å². The second-order valence-corrected chi connectivity index (χ2v) is 8.29. The molecule has 3 nitrogen and oxygen atoms in total. The van der Waals surface area contributed by atoms with Crippen molar-refractivity contribution in [2.24, 2.45) is 0 Å². The summed E-state index contributed by atoms with van der Waals surface area (Å²) in [5, 5.41) is 0. The molecule has 0 N–H and O–H groups in total. The van der Waals surface area contributed by atoms with E-state index in [0.717, 1.165) is 26.2 Å². The smallest absolute Gasteiger partial charge is 0.175 e. The minimum atomic E-state index is -1.33. The summed E-state index contributed by atoms with van der Waals surface area (Å²) in [5.74, 6) is 2.42. The molecule has 0 spiro atoms. The van der Waals surface area contributed by atoms with E-state index in [0.29, 0.717) is 0 Å². The molecule has 19 heavy (non-hydrogen) atoms. The molecule has 0 rings (SSSR count). The summed E-state index contributed by atoms with van der Waals surface area (Å²) in [7, 11) is 2.76. The Balaban J connectivity index is 5.15. The Bertz CT molecular complexity index is 267. The van der Waals surface area contributed by atoms with Gasteiger partial charge in [0, 0.05) is 40.3 Å². The van der Waals surface area contributed by atoms with Gasteiger partial charge in [-0.1, -0.05) is 0 Å². The van der Waals surface area contributed by atoms with Crippen molar-refractivity contribution >= 4 is 7.56 Å². The Morgan fingerprint density at radius 3 is 1.53 bits per heavy atom. The maximum atomic E-state index is 2.61. The fraction of sp³-hybridized carbons (Fsp3) is 0.733. The zero-order chi connectivity index (χ0) is 14.9. The zero-order valence-electron chi connectivity index (χ0n) is 13.9. The van der Waals surface area contributed by atoms with E-state index < -0.39 is 7.56 Å². The predicted molar refractivity (Wildman–Crippen MR) is 90.7 cm³/mol. The number of nitrogens with zero attached hydrogens (tertiary/aromatic N) is 3. The Hall–Kier alpha value is -0.370. The van der Waals surface area contributed by atoms with Gasteiger partial charge in [0.1, 0.15) is 0 Å². The van der Waals surface area contributed by atoms with Crippen LogP contribution in [0.4, 0.5) is 0 Å². The Morgan fingerprint density at radius 2 is 1.21 bits per heavy atom.